The van der Waals surface area contributed by atoms with Gasteiger partial charge < -0.3 is 15.7 Å². The van der Waals surface area contributed by atoms with Crippen molar-refractivity contribution in [1.82, 2.24) is 24.9 Å². The number of carbonyl (C=O) groups is 1. The molecule has 0 spiro atoms. The van der Waals surface area contributed by atoms with Crippen molar-refractivity contribution in [3.8, 4) is 0 Å². The lowest BCUT2D eigenvalue weighted by Crippen LogP contribution is -2.31. The van der Waals surface area contributed by atoms with Gasteiger partial charge in [-0.2, -0.15) is 10.2 Å². The van der Waals surface area contributed by atoms with Crippen molar-refractivity contribution in [1.29, 1.82) is 0 Å². The number of nitrogens with one attached hydrogen (secondary N) is 2. The second-order valence-electron chi connectivity index (χ2n) is 8.00. The average molecular weight is 374 g/mol. The predicted octanol–water partition coefficient (Wildman–Crippen LogP) is 2.38. The highest BCUT2D eigenvalue weighted by Crippen LogP contribution is 2.36. The van der Waals surface area contributed by atoms with E-state index in [0.717, 1.165) is 30.8 Å². The molecule has 1 amide bonds. The summed E-state index contributed by atoms with van der Waals surface area (Å²) in [5.41, 5.74) is 0.513. The Morgan fingerprint density at radius 3 is 2.63 bits per heavy atom. The molecule has 9 heteroatoms. The van der Waals surface area contributed by atoms with E-state index in [1.54, 1.807) is 13.1 Å². The van der Waals surface area contributed by atoms with Crippen LogP contribution in [0, 0.1) is 0 Å². The van der Waals surface area contributed by atoms with Crippen LogP contribution in [0.5, 0.6) is 0 Å². The normalized spacial score (nSPS) is 19.9. The van der Waals surface area contributed by atoms with Gasteiger partial charge in [-0.25, -0.2) is 14.2 Å². The van der Waals surface area contributed by atoms with Crippen LogP contribution in [0.1, 0.15) is 51.6 Å². The molecule has 0 aliphatic heterocycles. The number of nitrogens with zero attached hydrogens (tertiary/aromatic N) is 4. The van der Waals surface area contributed by atoms with Gasteiger partial charge in [0, 0.05) is 31.1 Å². The Morgan fingerprint density at radius 1 is 1.26 bits per heavy atom. The van der Waals surface area contributed by atoms with E-state index in [2.05, 4.69) is 36.5 Å². The molecule has 2 aromatic heterocycles. The number of hydrogen-bond acceptors (Lipinski definition) is 5. The highest BCUT2D eigenvalue weighted by atomic mass is 16.4. The molecule has 27 heavy (non-hydrogen) atoms. The summed E-state index contributed by atoms with van der Waals surface area (Å²) in [4.78, 5) is 22.4. The maximum absolute atomic E-state index is 11.5. The van der Waals surface area contributed by atoms with Crippen molar-refractivity contribution in [2.75, 3.05) is 5.32 Å². The Hall–Kier alpha value is -2.84. The molecule has 2 aromatic rings. The summed E-state index contributed by atoms with van der Waals surface area (Å²) >= 11 is 0. The fraction of sp³-hybridized carbons (Fsp3) is 0.556. The van der Waals surface area contributed by atoms with E-state index in [4.69, 9.17) is 10.2 Å². The topological polar surface area (TPSA) is 114 Å². The van der Waals surface area contributed by atoms with E-state index < -0.39 is 6.09 Å². The molecule has 1 aliphatic rings. The fourth-order valence-corrected chi connectivity index (χ4v) is 3.46. The molecule has 2 heterocycles. The smallest absolute Gasteiger partial charge is 0.404 e. The molecule has 3 N–H and O–H groups in total. The molecule has 1 aliphatic carbocycles. The molecule has 0 aromatic carbocycles. The van der Waals surface area contributed by atoms with Gasteiger partial charge in [-0.05, 0) is 46.1 Å². The summed E-state index contributed by atoms with van der Waals surface area (Å²) in [5, 5.41) is 23.8. The Morgan fingerprint density at radius 2 is 2.00 bits per heavy atom. The Balaban J connectivity index is 1.86. The number of amides is 1. The second-order valence-corrected chi connectivity index (χ2v) is 8.00. The van der Waals surface area contributed by atoms with E-state index in [9.17, 15) is 9.59 Å². The SMILES string of the molecule is Cn1nc(Nc2cc(C3CC[C@H](NC(=O)O)C3)nn2C(C)(C)C)ccc1=O. The van der Waals surface area contributed by atoms with Crippen LogP contribution in [0.2, 0.25) is 0 Å². The maximum atomic E-state index is 11.5. The van der Waals surface area contributed by atoms with Crippen LogP contribution in [0.15, 0.2) is 23.0 Å². The van der Waals surface area contributed by atoms with Gasteiger partial charge in [0.1, 0.15) is 5.82 Å². The number of aromatic nitrogens is 4. The average Bonchev–Trinajstić information content (AvgIpc) is 3.17. The summed E-state index contributed by atoms with van der Waals surface area (Å²) in [6.07, 6.45) is 1.46. The lowest BCUT2D eigenvalue weighted by Gasteiger charge is -2.22. The molecule has 1 saturated carbocycles. The first-order chi connectivity index (χ1) is 12.6. The highest BCUT2D eigenvalue weighted by molar-refractivity contribution is 5.65. The summed E-state index contributed by atoms with van der Waals surface area (Å²) in [7, 11) is 1.61. The molecule has 1 fully saturated rings. The minimum atomic E-state index is -0.982. The molecular formula is C18H26N6O3. The Labute approximate surface area is 157 Å². The third-order valence-corrected chi connectivity index (χ3v) is 4.76. The Kier molecular flexibility index (Phi) is 4.95. The number of aryl methyl sites for hydroxylation is 1. The van der Waals surface area contributed by atoms with Gasteiger partial charge in [-0.3, -0.25) is 4.79 Å². The first-order valence-electron chi connectivity index (χ1n) is 9.05. The van der Waals surface area contributed by atoms with E-state index in [1.807, 2.05) is 10.7 Å². The minimum absolute atomic E-state index is 0.0333. The van der Waals surface area contributed by atoms with Gasteiger partial charge in [0.15, 0.2) is 5.82 Å². The molecule has 9 nitrogen and oxygen atoms in total. The van der Waals surface area contributed by atoms with Gasteiger partial charge in [0.2, 0.25) is 0 Å². The third-order valence-electron chi connectivity index (χ3n) is 4.76. The highest BCUT2D eigenvalue weighted by Gasteiger charge is 2.30. The Bertz CT molecular complexity index is 895. The van der Waals surface area contributed by atoms with E-state index in [1.165, 1.54) is 10.7 Å². The maximum Gasteiger partial charge on any atom is 0.404 e. The van der Waals surface area contributed by atoms with Crippen LogP contribution in [0.3, 0.4) is 0 Å². The van der Waals surface area contributed by atoms with Crippen molar-refractivity contribution in [2.24, 2.45) is 7.05 Å². The molecule has 146 valence electrons. The van der Waals surface area contributed by atoms with Gasteiger partial charge in [-0.15, -0.1) is 0 Å². The van der Waals surface area contributed by atoms with E-state index in [0.29, 0.717) is 5.82 Å². The first-order valence-corrected chi connectivity index (χ1v) is 9.05. The van der Waals surface area contributed by atoms with Gasteiger partial charge in [-0.1, -0.05) is 0 Å². The standard InChI is InChI=1S/C18H26N6O3/c1-18(2,3)24-15(20-14-7-8-16(25)23(4)22-14)10-13(21-24)11-5-6-12(9-11)19-17(26)27/h7-8,10-12,19H,5-6,9H2,1-4H3,(H,20,22)(H,26,27)/t11?,12-/m0/s1. The van der Waals surface area contributed by atoms with Crippen molar-refractivity contribution in [3.63, 3.8) is 0 Å². The van der Waals surface area contributed by atoms with Crippen molar-refractivity contribution < 1.29 is 9.90 Å². The zero-order valence-corrected chi connectivity index (χ0v) is 16.1. The third kappa shape index (κ3) is 4.29. The molecule has 0 saturated heterocycles. The molecule has 3 rings (SSSR count). The van der Waals surface area contributed by atoms with Crippen LogP contribution < -0.4 is 16.2 Å². The predicted molar refractivity (Wildman–Crippen MR) is 102 cm³/mol. The van der Waals surface area contributed by atoms with E-state index in [-0.39, 0.29) is 23.1 Å². The molecule has 1 unspecified atom stereocenters. The number of anilines is 2. The van der Waals surface area contributed by atoms with Crippen LogP contribution in [0.25, 0.3) is 0 Å². The van der Waals surface area contributed by atoms with Crippen molar-refractivity contribution in [3.05, 3.63) is 34.2 Å². The van der Waals surface area contributed by atoms with Gasteiger partial charge in [0.25, 0.3) is 5.56 Å². The summed E-state index contributed by atoms with van der Waals surface area (Å²) in [6, 6.07) is 5.07. The summed E-state index contributed by atoms with van der Waals surface area (Å²) in [5.74, 6) is 1.56. The number of hydrogen-bond donors (Lipinski definition) is 3. The van der Waals surface area contributed by atoms with Crippen molar-refractivity contribution >= 4 is 17.7 Å². The molecule has 0 bridgehead atoms. The molecule has 0 radical (unpaired) electrons. The van der Waals surface area contributed by atoms with Gasteiger partial charge in [0.05, 0.1) is 11.2 Å². The van der Waals surface area contributed by atoms with Gasteiger partial charge >= 0.3 is 6.09 Å². The molecular weight excluding hydrogens is 348 g/mol. The second kappa shape index (κ2) is 7.05. The monoisotopic (exact) mass is 374 g/mol. The minimum Gasteiger partial charge on any atom is -0.465 e. The quantitative estimate of drug-likeness (QED) is 0.757. The van der Waals surface area contributed by atoms with Crippen LogP contribution in [-0.2, 0) is 12.6 Å². The largest absolute Gasteiger partial charge is 0.465 e. The summed E-state index contributed by atoms with van der Waals surface area (Å²) < 4.78 is 3.19. The fourth-order valence-electron chi connectivity index (χ4n) is 3.46. The van der Waals surface area contributed by atoms with E-state index >= 15 is 0 Å². The number of rotatable bonds is 4. The molecule has 2 atom stereocenters. The van der Waals surface area contributed by atoms with Crippen molar-refractivity contribution in [2.45, 2.75) is 57.5 Å². The van der Waals surface area contributed by atoms with Crippen LogP contribution in [-0.4, -0.2) is 36.8 Å². The summed E-state index contributed by atoms with van der Waals surface area (Å²) in [6.45, 7) is 6.19. The zero-order valence-electron chi connectivity index (χ0n) is 16.1. The first kappa shape index (κ1) is 18.9. The van der Waals surface area contributed by atoms with Crippen LogP contribution >= 0.6 is 0 Å². The zero-order chi connectivity index (χ0) is 19.8. The lowest BCUT2D eigenvalue weighted by atomic mass is 10.0. The number of carboxylic acid groups (broad SMARTS) is 1. The lowest BCUT2D eigenvalue weighted by molar-refractivity contribution is 0.190. The van der Waals surface area contributed by atoms with Crippen LogP contribution in [0.4, 0.5) is 16.4 Å².